The number of benzene rings is 1. The van der Waals surface area contributed by atoms with E-state index in [2.05, 4.69) is 9.97 Å². The highest BCUT2D eigenvalue weighted by molar-refractivity contribution is 7.98. The van der Waals surface area contributed by atoms with Crippen LogP contribution in [0, 0.1) is 0 Å². The lowest BCUT2D eigenvalue weighted by molar-refractivity contribution is 0.900. The van der Waals surface area contributed by atoms with Gasteiger partial charge >= 0.3 is 0 Å². The van der Waals surface area contributed by atoms with Crippen molar-refractivity contribution in [1.82, 2.24) is 9.97 Å². The van der Waals surface area contributed by atoms with Gasteiger partial charge in [-0.1, -0.05) is 35.5 Å². The average Bonchev–Trinajstić information content (AvgIpc) is 2.38. The number of hydrogen-bond donors (Lipinski definition) is 1. The van der Waals surface area contributed by atoms with E-state index in [0.717, 1.165) is 27.8 Å². The molecule has 0 saturated carbocycles. The van der Waals surface area contributed by atoms with E-state index in [4.69, 9.17) is 11.6 Å². The Morgan fingerprint density at radius 3 is 2.68 bits per heavy atom. The topological polar surface area (TPSA) is 45.8 Å². The summed E-state index contributed by atoms with van der Waals surface area (Å²) in [6.07, 6.45) is 1.99. The Balaban J connectivity index is 2.06. The van der Waals surface area contributed by atoms with Gasteiger partial charge in [-0.25, -0.2) is 4.98 Å². The lowest BCUT2D eigenvalue weighted by Gasteiger charge is -2.03. The number of aromatic nitrogens is 2. The number of nitrogens with one attached hydrogen (secondary N) is 1. The maximum Gasteiger partial charge on any atom is 0.251 e. The fourth-order valence-electron chi connectivity index (χ4n) is 1.51. The van der Waals surface area contributed by atoms with Gasteiger partial charge in [-0.2, -0.15) is 11.8 Å². The van der Waals surface area contributed by atoms with Gasteiger partial charge in [0, 0.05) is 22.6 Å². The van der Waals surface area contributed by atoms with Gasteiger partial charge in [0.15, 0.2) is 5.16 Å². The third-order valence-electron chi connectivity index (χ3n) is 2.35. The molecule has 0 aliphatic rings. The largest absolute Gasteiger partial charge is 0.301 e. The number of aromatic amines is 1. The van der Waals surface area contributed by atoms with Crippen LogP contribution in [0.3, 0.4) is 0 Å². The minimum Gasteiger partial charge on any atom is -0.301 e. The molecule has 0 spiro atoms. The van der Waals surface area contributed by atoms with Gasteiger partial charge in [-0.15, -0.1) is 0 Å². The Morgan fingerprint density at radius 1 is 1.26 bits per heavy atom. The highest BCUT2D eigenvalue weighted by atomic mass is 35.5. The summed E-state index contributed by atoms with van der Waals surface area (Å²) in [5.41, 5.74) is 1.86. The molecule has 1 heterocycles. The van der Waals surface area contributed by atoms with E-state index in [1.54, 1.807) is 17.8 Å². The Kier molecular flexibility index (Phi) is 5.36. The number of nitrogens with zero attached hydrogens (tertiary/aromatic N) is 1. The van der Waals surface area contributed by atoms with Crippen LogP contribution in [0.4, 0.5) is 0 Å². The Hall–Kier alpha value is -0.910. The van der Waals surface area contributed by atoms with Gasteiger partial charge in [0.2, 0.25) is 0 Å². The van der Waals surface area contributed by atoms with E-state index in [1.165, 1.54) is 11.8 Å². The number of rotatable bonds is 5. The van der Waals surface area contributed by atoms with E-state index < -0.39 is 0 Å². The first-order valence-corrected chi connectivity index (χ1v) is 8.39. The molecular formula is C13H13ClN2OS2. The second-order valence-electron chi connectivity index (χ2n) is 3.89. The molecule has 19 heavy (non-hydrogen) atoms. The molecular weight excluding hydrogens is 300 g/mol. The molecule has 0 radical (unpaired) electrons. The molecule has 0 unspecified atom stereocenters. The van der Waals surface area contributed by atoms with Crippen molar-refractivity contribution in [3.05, 3.63) is 57.0 Å². The SMILES string of the molecule is CSCc1cc(=O)[nH]c(SCc2ccc(Cl)cc2)n1. The third-order valence-corrected chi connectivity index (χ3v) is 4.13. The predicted molar refractivity (Wildman–Crippen MR) is 83.1 cm³/mol. The van der Waals surface area contributed by atoms with Crippen LogP contribution >= 0.6 is 35.1 Å². The summed E-state index contributed by atoms with van der Waals surface area (Å²) in [5, 5.41) is 1.38. The molecule has 0 atom stereocenters. The van der Waals surface area contributed by atoms with Crippen LogP contribution in [0.15, 0.2) is 40.3 Å². The van der Waals surface area contributed by atoms with Gasteiger partial charge in [-0.3, -0.25) is 4.79 Å². The van der Waals surface area contributed by atoms with Gasteiger partial charge in [0.25, 0.3) is 5.56 Å². The molecule has 2 rings (SSSR count). The normalized spacial score (nSPS) is 10.6. The average molecular weight is 313 g/mol. The molecule has 1 aromatic heterocycles. The van der Waals surface area contributed by atoms with Gasteiger partial charge in [0.05, 0.1) is 5.69 Å². The van der Waals surface area contributed by atoms with Crippen molar-refractivity contribution in [3.8, 4) is 0 Å². The first kappa shape index (κ1) is 14.5. The van der Waals surface area contributed by atoms with Crippen molar-refractivity contribution < 1.29 is 0 Å². The van der Waals surface area contributed by atoms with E-state index in [0.29, 0.717) is 5.16 Å². The third kappa shape index (κ3) is 4.60. The highest BCUT2D eigenvalue weighted by Gasteiger charge is 2.03. The Bertz CT molecular complexity index is 598. The lowest BCUT2D eigenvalue weighted by atomic mass is 10.2. The summed E-state index contributed by atoms with van der Waals surface area (Å²) >= 11 is 9.00. The van der Waals surface area contributed by atoms with Crippen LogP contribution in [-0.4, -0.2) is 16.2 Å². The first-order chi connectivity index (χ1) is 9.17. The number of halogens is 1. The molecule has 100 valence electrons. The van der Waals surface area contributed by atoms with E-state index in [9.17, 15) is 4.79 Å². The van der Waals surface area contributed by atoms with Crippen molar-refractivity contribution in [2.24, 2.45) is 0 Å². The van der Waals surface area contributed by atoms with Gasteiger partial charge in [0.1, 0.15) is 0 Å². The zero-order valence-electron chi connectivity index (χ0n) is 10.4. The fraction of sp³-hybridized carbons (Fsp3) is 0.231. The quantitative estimate of drug-likeness (QED) is 0.677. The summed E-state index contributed by atoms with van der Waals surface area (Å²) in [7, 11) is 0. The first-order valence-electron chi connectivity index (χ1n) is 5.64. The minimum absolute atomic E-state index is 0.0994. The lowest BCUT2D eigenvalue weighted by Crippen LogP contribution is -2.09. The van der Waals surface area contributed by atoms with Crippen LogP contribution in [0.25, 0.3) is 0 Å². The molecule has 0 aliphatic heterocycles. The molecule has 2 aromatic rings. The standard InChI is InChI=1S/C13H13ClN2OS2/c1-18-8-11-6-12(17)16-13(15-11)19-7-9-2-4-10(14)5-3-9/h2-6H,7-8H2,1H3,(H,15,16,17). The molecule has 0 fully saturated rings. The molecule has 0 saturated heterocycles. The molecule has 3 nitrogen and oxygen atoms in total. The number of thioether (sulfide) groups is 2. The Morgan fingerprint density at radius 2 is 2.00 bits per heavy atom. The zero-order chi connectivity index (χ0) is 13.7. The number of H-pyrrole nitrogens is 1. The van der Waals surface area contributed by atoms with Crippen LogP contribution in [0.5, 0.6) is 0 Å². The summed E-state index contributed by atoms with van der Waals surface area (Å²) < 4.78 is 0. The molecule has 0 amide bonds. The van der Waals surface area contributed by atoms with E-state index in [1.807, 2.05) is 30.5 Å². The summed E-state index contributed by atoms with van der Waals surface area (Å²) in [4.78, 5) is 18.7. The van der Waals surface area contributed by atoms with Crippen molar-refractivity contribution in [1.29, 1.82) is 0 Å². The number of hydrogen-bond acceptors (Lipinski definition) is 4. The minimum atomic E-state index is -0.0994. The molecule has 1 aromatic carbocycles. The Labute approximate surface area is 125 Å². The fourth-order valence-corrected chi connectivity index (χ4v) is 2.93. The summed E-state index contributed by atoms with van der Waals surface area (Å²) in [6.45, 7) is 0. The van der Waals surface area contributed by atoms with Crippen LogP contribution < -0.4 is 5.56 Å². The van der Waals surface area contributed by atoms with Crippen molar-refractivity contribution in [2.45, 2.75) is 16.7 Å². The smallest absolute Gasteiger partial charge is 0.251 e. The zero-order valence-corrected chi connectivity index (χ0v) is 12.7. The van der Waals surface area contributed by atoms with Crippen LogP contribution in [0.1, 0.15) is 11.3 Å². The second kappa shape index (κ2) is 7.03. The van der Waals surface area contributed by atoms with Gasteiger partial charge in [-0.05, 0) is 24.0 Å². The van der Waals surface area contributed by atoms with Crippen molar-refractivity contribution in [2.75, 3.05) is 6.26 Å². The predicted octanol–water partition coefficient (Wildman–Crippen LogP) is 3.58. The van der Waals surface area contributed by atoms with Crippen LogP contribution in [0.2, 0.25) is 5.02 Å². The highest BCUT2D eigenvalue weighted by Crippen LogP contribution is 2.20. The summed E-state index contributed by atoms with van der Waals surface area (Å²) in [6, 6.07) is 9.21. The van der Waals surface area contributed by atoms with Crippen molar-refractivity contribution >= 4 is 35.1 Å². The second-order valence-corrected chi connectivity index (χ2v) is 6.16. The summed E-state index contributed by atoms with van der Waals surface area (Å²) in [5.74, 6) is 1.50. The van der Waals surface area contributed by atoms with E-state index in [-0.39, 0.29) is 5.56 Å². The van der Waals surface area contributed by atoms with Gasteiger partial charge < -0.3 is 4.98 Å². The maximum absolute atomic E-state index is 11.5. The monoisotopic (exact) mass is 312 g/mol. The molecule has 0 aliphatic carbocycles. The molecule has 0 bridgehead atoms. The maximum atomic E-state index is 11.5. The van der Waals surface area contributed by atoms with Crippen LogP contribution in [-0.2, 0) is 11.5 Å². The van der Waals surface area contributed by atoms with Crippen molar-refractivity contribution in [3.63, 3.8) is 0 Å². The molecule has 6 heteroatoms. The van der Waals surface area contributed by atoms with E-state index >= 15 is 0 Å². The molecule has 1 N–H and O–H groups in total.